The van der Waals surface area contributed by atoms with Crippen molar-refractivity contribution >= 4 is 114 Å². The third-order valence-corrected chi connectivity index (χ3v) is 13.5. The van der Waals surface area contributed by atoms with E-state index in [9.17, 15) is 0 Å². The average molecular weight is 783 g/mol. The molecule has 13 rings (SSSR count). The summed E-state index contributed by atoms with van der Waals surface area (Å²) in [4.78, 5) is 2.41. The first-order valence-corrected chi connectivity index (χ1v) is 21.2. The summed E-state index contributed by atoms with van der Waals surface area (Å²) in [6.45, 7) is 0. The summed E-state index contributed by atoms with van der Waals surface area (Å²) >= 11 is 1.85. The number of thiophene rings is 1. The highest BCUT2D eigenvalue weighted by atomic mass is 32.1. The van der Waals surface area contributed by atoms with E-state index in [0.29, 0.717) is 0 Å². The Bertz CT molecular complexity index is 3840. The monoisotopic (exact) mass is 782 g/mol. The van der Waals surface area contributed by atoms with E-state index >= 15 is 0 Å². The van der Waals surface area contributed by atoms with Gasteiger partial charge in [-0.3, -0.25) is 0 Å². The molecule has 0 atom stereocenters. The zero-order chi connectivity index (χ0) is 39.3. The summed E-state index contributed by atoms with van der Waals surface area (Å²) in [5, 5.41) is 12.2. The van der Waals surface area contributed by atoms with E-state index in [-0.39, 0.29) is 0 Å². The minimum absolute atomic E-state index is 0.884. The van der Waals surface area contributed by atoms with Crippen molar-refractivity contribution in [2.45, 2.75) is 0 Å². The van der Waals surface area contributed by atoms with Gasteiger partial charge >= 0.3 is 0 Å². The first-order chi connectivity index (χ1) is 29.7. The maximum atomic E-state index is 6.75. The Hall–Kier alpha value is -7.66. The van der Waals surface area contributed by atoms with Crippen LogP contribution in [0.4, 0.5) is 17.1 Å². The van der Waals surface area contributed by atoms with Gasteiger partial charge < -0.3 is 13.9 Å². The zero-order valence-electron chi connectivity index (χ0n) is 32.3. The van der Waals surface area contributed by atoms with Crippen molar-refractivity contribution in [3.8, 4) is 16.8 Å². The number of benzene rings is 10. The van der Waals surface area contributed by atoms with Crippen LogP contribution >= 0.6 is 11.3 Å². The first-order valence-electron chi connectivity index (χ1n) is 20.4. The smallest absolute Gasteiger partial charge is 0.143 e. The first kappa shape index (κ1) is 33.3. The predicted octanol–water partition coefficient (Wildman–Crippen LogP) is 16.5. The van der Waals surface area contributed by atoms with Gasteiger partial charge in [0.25, 0.3) is 0 Å². The van der Waals surface area contributed by atoms with Gasteiger partial charge in [0.15, 0.2) is 0 Å². The van der Waals surface area contributed by atoms with Gasteiger partial charge in [0.2, 0.25) is 0 Å². The molecule has 280 valence electrons. The van der Waals surface area contributed by atoms with Crippen molar-refractivity contribution in [3.05, 3.63) is 206 Å². The van der Waals surface area contributed by atoms with Crippen molar-refractivity contribution in [1.82, 2.24) is 4.57 Å². The van der Waals surface area contributed by atoms with Crippen LogP contribution in [0.25, 0.3) is 102 Å². The average Bonchev–Trinajstić information content (AvgIpc) is 3.97. The number of fused-ring (bicyclic) bond motifs is 11. The molecule has 0 amide bonds. The minimum Gasteiger partial charge on any atom is -0.455 e. The number of hydrogen-bond acceptors (Lipinski definition) is 3. The highest BCUT2D eigenvalue weighted by Crippen LogP contribution is 2.45. The summed E-state index contributed by atoms with van der Waals surface area (Å²) < 4.78 is 11.8. The second-order valence-electron chi connectivity index (χ2n) is 15.7. The number of anilines is 3. The normalized spacial score (nSPS) is 12.0. The summed E-state index contributed by atoms with van der Waals surface area (Å²) in [5.74, 6) is 0. The van der Waals surface area contributed by atoms with Crippen molar-refractivity contribution < 1.29 is 4.42 Å². The lowest BCUT2D eigenvalue weighted by Gasteiger charge is -2.27. The number of nitrogens with zero attached hydrogens (tertiary/aromatic N) is 2. The lowest BCUT2D eigenvalue weighted by atomic mass is 10.00. The number of hydrogen-bond donors (Lipinski definition) is 0. The SMILES string of the molecule is c1ccc2cc3c(cc2c1)c1ccccc1n3-c1cc(-c2ccc(N(c3ccc4c(c3)sc3ccccc34)c3cccc4ccccc34)cc2)c2oc3ccccc3c2c1. The number of furan rings is 1. The second-order valence-corrected chi connectivity index (χ2v) is 16.8. The second kappa shape index (κ2) is 12.9. The van der Waals surface area contributed by atoms with Gasteiger partial charge in [-0.05, 0) is 94.5 Å². The Labute approximate surface area is 349 Å². The Balaban J connectivity index is 1.02. The molecule has 0 fully saturated rings. The number of para-hydroxylation sites is 2. The fraction of sp³-hybridized carbons (Fsp3) is 0. The Morgan fingerprint density at radius 2 is 1.07 bits per heavy atom. The topological polar surface area (TPSA) is 21.3 Å². The fourth-order valence-electron chi connectivity index (χ4n) is 9.56. The Morgan fingerprint density at radius 1 is 0.400 bits per heavy atom. The molecule has 0 saturated heterocycles. The van der Waals surface area contributed by atoms with Gasteiger partial charge in [-0.2, -0.15) is 0 Å². The van der Waals surface area contributed by atoms with Crippen LogP contribution in [0.1, 0.15) is 0 Å². The molecule has 3 nitrogen and oxygen atoms in total. The van der Waals surface area contributed by atoms with Gasteiger partial charge in [0, 0.05) is 69.7 Å². The molecule has 0 spiro atoms. The third kappa shape index (κ3) is 5.01. The summed E-state index contributed by atoms with van der Waals surface area (Å²) in [7, 11) is 0. The molecular weight excluding hydrogens is 749 g/mol. The Morgan fingerprint density at radius 3 is 1.93 bits per heavy atom. The van der Waals surface area contributed by atoms with Crippen molar-refractivity contribution in [2.24, 2.45) is 0 Å². The molecule has 3 heterocycles. The molecule has 60 heavy (non-hydrogen) atoms. The van der Waals surface area contributed by atoms with Gasteiger partial charge in [-0.15, -0.1) is 11.3 Å². The maximum absolute atomic E-state index is 6.75. The number of aromatic nitrogens is 1. The van der Waals surface area contributed by atoms with Crippen LogP contribution in [0.2, 0.25) is 0 Å². The maximum Gasteiger partial charge on any atom is 0.143 e. The van der Waals surface area contributed by atoms with Crippen LogP contribution in [0.3, 0.4) is 0 Å². The van der Waals surface area contributed by atoms with Crippen LogP contribution in [0.5, 0.6) is 0 Å². The molecule has 4 heteroatoms. The Kier molecular flexibility index (Phi) is 7.18. The molecule has 0 saturated carbocycles. The lowest BCUT2D eigenvalue weighted by Crippen LogP contribution is -2.10. The highest BCUT2D eigenvalue weighted by Gasteiger charge is 2.21. The van der Waals surface area contributed by atoms with Crippen molar-refractivity contribution in [2.75, 3.05) is 4.90 Å². The molecule has 0 radical (unpaired) electrons. The fourth-order valence-corrected chi connectivity index (χ4v) is 10.7. The van der Waals surface area contributed by atoms with Crippen LogP contribution in [0, 0.1) is 0 Å². The molecule has 0 N–H and O–H groups in total. The van der Waals surface area contributed by atoms with E-state index in [1.54, 1.807) is 0 Å². The molecule has 0 aliphatic rings. The van der Waals surface area contributed by atoms with E-state index < -0.39 is 0 Å². The van der Waals surface area contributed by atoms with Gasteiger partial charge in [0.1, 0.15) is 11.2 Å². The predicted molar refractivity (Wildman–Crippen MR) is 256 cm³/mol. The largest absolute Gasteiger partial charge is 0.455 e. The molecular formula is C56H34N2OS. The van der Waals surface area contributed by atoms with Crippen LogP contribution in [-0.2, 0) is 0 Å². The molecule has 0 aliphatic carbocycles. The van der Waals surface area contributed by atoms with E-state index in [1.807, 2.05) is 11.3 Å². The highest BCUT2D eigenvalue weighted by molar-refractivity contribution is 7.25. The summed E-state index contributed by atoms with van der Waals surface area (Å²) in [6.07, 6.45) is 0. The van der Waals surface area contributed by atoms with E-state index in [2.05, 4.69) is 216 Å². The van der Waals surface area contributed by atoms with Crippen LogP contribution in [0.15, 0.2) is 211 Å². The minimum atomic E-state index is 0.884. The van der Waals surface area contributed by atoms with Crippen LogP contribution < -0.4 is 4.90 Å². The van der Waals surface area contributed by atoms with Gasteiger partial charge in [-0.25, -0.2) is 0 Å². The van der Waals surface area contributed by atoms with Crippen molar-refractivity contribution in [1.29, 1.82) is 0 Å². The van der Waals surface area contributed by atoms with Crippen molar-refractivity contribution in [3.63, 3.8) is 0 Å². The standard InChI is InChI=1S/C56H34N2OS/c1-2-14-38-31-52-48(30-37(38)13-1)43-17-5-8-20-51(43)58(52)41-32-47(56-49(33-41)44-18-6-9-22-53(44)59-56)36-24-26-39(27-25-36)57(50-21-11-15-35-12-3-4-16-42(35)50)40-28-29-46-45-19-7-10-23-54(45)60-55(46)34-40/h1-34H. The van der Waals surface area contributed by atoms with Crippen LogP contribution in [-0.4, -0.2) is 4.57 Å². The molecule has 0 unspecified atom stereocenters. The third-order valence-electron chi connectivity index (χ3n) is 12.3. The molecule has 13 aromatic rings. The number of rotatable bonds is 5. The molecule has 3 aromatic heterocycles. The van der Waals surface area contributed by atoms with E-state index in [4.69, 9.17) is 4.42 Å². The summed E-state index contributed by atoms with van der Waals surface area (Å²) in [6, 6.07) is 75.1. The lowest BCUT2D eigenvalue weighted by molar-refractivity contribution is 0.670. The quantitative estimate of drug-likeness (QED) is 0.173. The van der Waals surface area contributed by atoms with E-state index in [1.165, 1.54) is 63.5 Å². The van der Waals surface area contributed by atoms with Gasteiger partial charge in [-0.1, -0.05) is 133 Å². The molecule has 0 aliphatic heterocycles. The summed E-state index contributed by atoms with van der Waals surface area (Å²) in [5.41, 5.74) is 10.7. The van der Waals surface area contributed by atoms with Gasteiger partial charge in [0.05, 0.1) is 16.7 Å². The molecule has 0 bridgehead atoms. The van der Waals surface area contributed by atoms with E-state index in [0.717, 1.165) is 55.8 Å². The zero-order valence-corrected chi connectivity index (χ0v) is 33.2. The molecule has 10 aromatic carbocycles.